The first-order valence-corrected chi connectivity index (χ1v) is 8.37. The summed E-state index contributed by atoms with van der Waals surface area (Å²) >= 11 is 1.47. The normalized spacial score (nSPS) is 22.3. The summed E-state index contributed by atoms with van der Waals surface area (Å²) in [7, 11) is 0. The van der Waals surface area contributed by atoms with Crippen LogP contribution in [0.15, 0.2) is 0 Å². The summed E-state index contributed by atoms with van der Waals surface area (Å²) in [5.41, 5.74) is 1.94. The van der Waals surface area contributed by atoms with Crippen molar-refractivity contribution in [2.45, 2.75) is 46.8 Å². The number of aromatic nitrogens is 2. The van der Waals surface area contributed by atoms with Crippen molar-refractivity contribution in [2.24, 2.45) is 0 Å². The van der Waals surface area contributed by atoms with Crippen molar-refractivity contribution in [2.75, 3.05) is 13.1 Å². The Morgan fingerprint density at radius 2 is 1.82 bits per heavy atom. The molecule has 2 aromatic heterocycles. The Bertz CT molecular complexity index is 731. The highest BCUT2D eigenvalue weighted by Gasteiger charge is 2.29. The van der Waals surface area contributed by atoms with Gasteiger partial charge in [0.2, 0.25) is 0 Å². The van der Waals surface area contributed by atoms with Crippen molar-refractivity contribution in [1.29, 1.82) is 0 Å². The fourth-order valence-corrected chi connectivity index (χ4v) is 4.41. The van der Waals surface area contributed by atoms with E-state index in [-0.39, 0.29) is 18.1 Å². The van der Waals surface area contributed by atoms with Crippen LogP contribution in [0.2, 0.25) is 0 Å². The number of aryl methyl sites for hydroxylation is 3. The van der Waals surface area contributed by atoms with Gasteiger partial charge in [0.25, 0.3) is 5.91 Å². The van der Waals surface area contributed by atoms with Gasteiger partial charge in [0.15, 0.2) is 0 Å². The van der Waals surface area contributed by atoms with Gasteiger partial charge in [-0.2, -0.15) is 0 Å². The van der Waals surface area contributed by atoms with Gasteiger partial charge in [0.1, 0.15) is 10.7 Å². The van der Waals surface area contributed by atoms with Gasteiger partial charge in [0, 0.05) is 24.2 Å². The smallest absolute Gasteiger partial charge is 0.264 e. The average molecular weight is 319 g/mol. The number of rotatable bonds is 1. The van der Waals surface area contributed by atoms with Gasteiger partial charge in [-0.15, -0.1) is 11.3 Å². The number of morpholine rings is 1. The van der Waals surface area contributed by atoms with Crippen molar-refractivity contribution >= 4 is 27.5 Å². The van der Waals surface area contributed by atoms with Gasteiger partial charge < -0.3 is 9.64 Å². The minimum Gasteiger partial charge on any atom is -0.372 e. The molecule has 0 saturated carbocycles. The van der Waals surface area contributed by atoms with Crippen molar-refractivity contribution < 1.29 is 9.53 Å². The second-order valence-electron chi connectivity index (χ2n) is 6.06. The first-order chi connectivity index (χ1) is 10.4. The fourth-order valence-electron chi connectivity index (χ4n) is 3.16. The van der Waals surface area contributed by atoms with Crippen molar-refractivity contribution in [3.8, 4) is 0 Å². The molecule has 0 unspecified atom stereocenters. The maximum atomic E-state index is 12.9. The number of carbonyl (C=O) groups is 1. The van der Waals surface area contributed by atoms with Crippen LogP contribution in [0.25, 0.3) is 10.2 Å². The molecule has 5 nitrogen and oxygen atoms in total. The number of hydrogen-bond donors (Lipinski definition) is 0. The summed E-state index contributed by atoms with van der Waals surface area (Å²) in [5.74, 6) is 0.832. The van der Waals surface area contributed by atoms with E-state index < -0.39 is 0 Å². The number of thiophene rings is 1. The van der Waals surface area contributed by atoms with E-state index in [0.29, 0.717) is 13.1 Å². The van der Waals surface area contributed by atoms with E-state index in [4.69, 9.17) is 4.74 Å². The zero-order valence-electron chi connectivity index (χ0n) is 13.6. The predicted octanol–water partition coefficient (Wildman–Crippen LogP) is 2.87. The molecule has 2 atom stereocenters. The maximum absolute atomic E-state index is 12.9. The first kappa shape index (κ1) is 15.4. The molecule has 1 fully saturated rings. The number of hydrogen-bond acceptors (Lipinski definition) is 5. The summed E-state index contributed by atoms with van der Waals surface area (Å²) in [6.07, 6.45) is 0.150. The molecule has 1 aliphatic heterocycles. The van der Waals surface area contributed by atoms with Crippen LogP contribution in [0.1, 0.15) is 40.6 Å². The highest BCUT2D eigenvalue weighted by molar-refractivity contribution is 7.20. The van der Waals surface area contributed by atoms with Crippen LogP contribution < -0.4 is 0 Å². The second kappa shape index (κ2) is 5.59. The molecule has 0 bridgehead atoms. The number of carbonyl (C=O) groups excluding carboxylic acids is 1. The summed E-state index contributed by atoms with van der Waals surface area (Å²) in [5, 5.41) is 1.02. The largest absolute Gasteiger partial charge is 0.372 e. The summed E-state index contributed by atoms with van der Waals surface area (Å²) < 4.78 is 5.71. The van der Waals surface area contributed by atoms with Crippen molar-refractivity contribution in [3.63, 3.8) is 0 Å². The van der Waals surface area contributed by atoms with Crippen LogP contribution in [-0.4, -0.2) is 46.1 Å². The summed E-state index contributed by atoms with van der Waals surface area (Å²) in [6.45, 7) is 11.1. The van der Waals surface area contributed by atoms with Gasteiger partial charge >= 0.3 is 0 Å². The third-order valence-corrected chi connectivity index (χ3v) is 5.16. The predicted molar refractivity (Wildman–Crippen MR) is 87.5 cm³/mol. The van der Waals surface area contributed by atoms with E-state index in [0.717, 1.165) is 32.2 Å². The van der Waals surface area contributed by atoms with Crippen LogP contribution in [0, 0.1) is 20.8 Å². The molecule has 3 heterocycles. The monoisotopic (exact) mass is 319 g/mol. The molecule has 22 heavy (non-hydrogen) atoms. The average Bonchev–Trinajstić information content (AvgIpc) is 2.73. The lowest BCUT2D eigenvalue weighted by Crippen LogP contribution is -2.48. The van der Waals surface area contributed by atoms with E-state index >= 15 is 0 Å². The van der Waals surface area contributed by atoms with Gasteiger partial charge in [-0.1, -0.05) is 0 Å². The Kier molecular flexibility index (Phi) is 3.91. The zero-order valence-corrected chi connectivity index (χ0v) is 14.5. The van der Waals surface area contributed by atoms with E-state index in [1.54, 1.807) is 0 Å². The Balaban J connectivity index is 2.01. The summed E-state index contributed by atoms with van der Waals surface area (Å²) in [4.78, 5) is 25.4. The molecule has 0 N–H and O–H groups in total. The molecular formula is C16H21N3O2S. The zero-order chi connectivity index (χ0) is 16.0. The molecule has 1 saturated heterocycles. The molecule has 1 amide bonds. The highest BCUT2D eigenvalue weighted by Crippen LogP contribution is 2.32. The molecule has 1 aliphatic rings. The molecule has 0 radical (unpaired) electrons. The SMILES string of the molecule is Cc1nc(C)c2c(C)c(C(=O)N3C[C@@H](C)O[C@@H](C)C3)sc2n1. The number of amides is 1. The third kappa shape index (κ3) is 2.61. The topological polar surface area (TPSA) is 55.3 Å². The summed E-state index contributed by atoms with van der Waals surface area (Å²) in [6, 6.07) is 0. The standard InChI is InChI=1S/C16H21N3O2S/c1-8-6-19(7-9(2)21-8)16(20)14-10(3)13-11(4)17-12(5)18-15(13)22-14/h8-9H,6-7H2,1-5H3/t8-,9+. The minimum absolute atomic E-state index is 0.0751. The Hall–Kier alpha value is -1.53. The molecule has 0 aliphatic carbocycles. The minimum atomic E-state index is 0.0751. The van der Waals surface area contributed by atoms with E-state index in [1.807, 2.05) is 39.5 Å². The molecule has 0 spiro atoms. The van der Waals surface area contributed by atoms with Gasteiger partial charge in [0.05, 0.1) is 17.1 Å². The Morgan fingerprint density at radius 1 is 1.18 bits per heavy atom. The fraction of sp³-hybridized carbons (Fsp3) is 0.562. The molecular weight excluding hydrogens is 298 g/mol. The molecule has 118 valence electrons. The lowest BCUT2D eigenvalue weighted by atomic mass is 10.1. The molecule has 3 rings (SSSR count). The first-order valence-electron chi connectivity index (χ1n) is 7.56. The van der Waals surface area contributed by atoms with Gasteiger partial charge in [-0.3, -0.25) is 4.79 Å². The quantitative estimate of drug-likeness (QED) is 0.811. The lowest BCUT2D eigenvalue weighted by molar-refractivity contribution is -0.0585. The molecule has 6 heteroatoms. The van der Waals surface area contributed by atoms with Crippen LogP contribution in [-0.2, 0) is 4.74 Å². The second-order valence-corrected chi connectivity index (χ2v) is 7.06. The number of ether oxygens (including phenoxy) is 1. The van der Waals surface area contributed by atoms with Crippen molar-refractivity contribution in [3.05, 3.63) is 22.0 Å². The number of nitrogens with zero attached hydrogens (tertiary/aromatic N) is 3. The van der Waals surface area contributed by atoms with Gasteiger partial charge in [-0.05, 0) is 40.2 Å². The maximum Gasteiger partial charge on any atom is 0.264 e. The van der Waals surface area contributed by atoms with E-state index in [1.165, 1.54) is 11.3 Å². The van der Waals surface area contributed by atoms with E-state index in [9.17, 15) is 4.79 Å². The lowest BCUT2D eigenvalue weighted by Gasteiger charge is -2.35. The Morgan fingerprint density at radius 3 is 2.45 bits per heavy atom. The van der Waals surface area contributed by atoms with Crippen molar-refractivity contribution in [1.82, 2.24) is 14.9 Å². The van der Waals surface area contributed by atoms with E-state index in [2.05, 4.69) is 9.97 Å². The van der Waals surface area contributed by atoms with Crippen LogP contribution in [0.3, 0.4) is 0 Å². The van der Waals surface area contributed by atoms with Crippen LogP contribution in [0.4, 0.5) is 0 Å². The van der Waals surface area contributed by atoms with Crippen LogP contribution in [0.5, 0.6) is 0 Å². The number of fused-ring (bicyclic) bond motifs is 1. The highest BCUT2D eigenvalue weighted by atomic mass is 32.1. The third-order valence-electron chi connectivity index (χ3n) is 3.98. The Labute approximate surface area is 134 Å². The van der Waals surface area contributed by atoms with Crippen LogP contribution >= 0.6 is 11.3 Å². The molecule has 2 aromatic rings. The van der Waals surface area contributed by atoms with Gasteiger partial charge in [-0.25, -0.2) is 9.97 Å². The molecule has 0 aromatic carbocycles.